The van der Waals surface area contributed by atoms with Gasteiger partial charge in [-0.2, -0.15) is 4.89 Å². The summed E-state index contributed by atoms with van der Waals surface area (Å²) in [5.74, 6) is 0. The smallest absolute Gasteiger partial charge is 0.432 e. The van der Waals surface area contributed by atoms with Gasteiger partial charge in [0.15, 0.2) is 0 Å². The highest BCUT2D eigenvalue weighted by atomic mass is 17.2. The lowest BCUT2D eigenvalue weighted by molar-refractivity contribution is -0.255. The lowest BCUT2D eigenvalue weighted by atomic mass is 9.93. The number of rotatable bonds is 8. The van der Waals surface area contributed by atoms with E-state index < -0.39 is 6.16 Å². The standard InChI is InChI=1S/C13H26O4/c1-5-6-7-8-10-16-17-12(14)15-11-9-13(2,3)4/h5-11H2,1-4H3. The number of carbonyl (C=O) groups is 1. The topological polar surface area (TPSA) is 44.8 Å². The van der Waals surface area contributed by atoms with E-state index in [-0.39, 0.29) is 5.41 Å². The van der Waals surface area contributed by atoms with Crippen molar-refractivity contribution in [2.24, 2.45) is 5.41 Å². The molecule has 0 rings (SSSR count). The molecule has 0 aromatic rings. The predicted octanol–water partition coefficient (Wildman–Crippen LogP) is 4.09. The van der Waals surface area contributed by atoms with E-state index >= 15 is 0 Å². The molecule has 0 aliphatic carbocycles. The van der Waals surface area contributed by atoms with Gasteiger partial charge in [-0.15, -0.1) is 0 Å². The van der Waals surface area contributed by atoms with Crippen LogP contribution in [0.4, 0.5) is 4.79 Å². The fourth-order valence-corrected chi connectivity index (χ4v) is 1.14. The fourth-order valence-electron chi connectivity index (χ4n) is 1.14. The quantitative estimate of drug-likeness (QED) is 0.280. The number of carbonyl (C=O) groups excluding carboxylic acids is 1. The molecule has 0 spiro atoms. The summed E-state index contributed by atoms with van der Waals surface area (Å²) in [7, 11) is 0. The van der Waals surface area contributed by atoms with Crippen LogP contribution in [0.2, 0.25) is 0 Å². The Labute approximate surface area is 105 Å². The van der Waals surface area contributed by atoms with Gasteiger partial charge in [-0.25, -0.2) is 4.79 Å². The molecule has 0 bridgehead atoms. The Bertz CT molecular complexity index is 196. The zero-order valence-corrected chi connectivity index (χ0v) is 11.6. The first-order valence-electron chi connectivity index (χ1n) is 6.42. The number of ether oxygens (including phenoxy) is 1. The Balaban J connectivity index is 3.29. The maximum absolute atomic E-state index is 11.0. The van der Waals surface area contributed by atoms with Crippen LogP contribution in [0.5, 0.6) is 0 Å². The molecule has 0 unspecified atom stereocenters. The van der Waals surface area contributed by atoms with E-state index in [4.69, 9.17) is 9.62 Å². The maximum Gasteiger partial charge on any atom is 0.540 e. The van der Waals surface area contributed by atoms with E-state index in [1.54, 1.807) is 0 Å². The van der Waals surface area contributed by atoms with Gasteiger partial charge in [0, 0.05) is 0 Å². The third-order valence-electron chi connectivity index (χ3n) is 2.28. The lowest BCUT2D eigenvalue weighted by Gasteiger charge is -2.16. The van der Waals surface area contributed by atoms with Crippen LogP contribution >= 0.6 is 0 Å². The Morgan fingerprint density at radius 1 is 1.06 bits per heavy atom. The molecule has 0 heterocycles. The first-order valence-corrected chi connectivity index (χ1v) is 6.42. The van der Waals surface area contributed by atoms with Gasteiger partial charge in [0.1, 0.15) is 0 Å². The minimum Gasteiger partial charge on any atom is -0.432 e. The van der Waals surface area contributed by atoms with Gasteiger partial charge in [0.25, 0.3) is 0 Å². The first kappa shape index (κ1) is 16.2. The summed E-state index contributed by atoms with van der Waals surface area (Å²) in [6, 6.07) is 0. The largest absolute Gasteiger partial charge is 0.540 e. The van der Waals surface area contributed by atoms with Crippen LogP contribution in [0.25, 0.3) is 0 Å². The summed E-state index contributed by atoms with van der Waals surface area (Å²) >= 11 is 0. The molecule has 102 valence electrons. The normalized spacial score (nSPS) is 11.3. The highest BCUT2D eigenvalue weighted by molar-refractivity contribution is 5.58. The second kappa shape index (κ2) is 9.28. The van der Waals surface area contributed by atoms with E-state index in [1.165, 1.54) is 12.8 Å². The van der Waals surface area contributed by atoms with Gasteiger partial charge in [-0.1, -0.05) is 47.0 Å². The van der Waals surface area contributed by atoms with E-state index in [1.807, 2.05) is 0 Å². The lowest BCUT2D eigenvalue weighted by Crippen LogP contribution is -2.14. The molecule has 0 aromatic carbocycles. The van der Waals surface area contributed by atoms with E-state index in [2.05, 4.69) is 32.6 Å². The van der Waals surface area contributed by atoms with Crippen molar-refractivity contribution in [1.29, 1.82) is 0 Å². The minimum absolute atomic E-state index is 0.154. The third kappa shape index (κ3) is 13.2. The van der Waals surface area contributed by atoms with Crippen LogP contribution in [0.3, 0.4) is 0 Å². The van der Waals surface area contributed by atoms with Crippen molar-refractivity contribution >= 4 is 6.16 Å². The molecule has 0 N–H and O–H groups in total. The highest BCUT2D eigenvalue weighted by Gasteiger charge is 2.12. The highest BCUT2D eigenvalue weighted by Crippen LogP contribution is 2.17. The molecule has 0 fully saturated rings. The average molecular weight is 246 g/mol. The average Bonchev–Trinajstić information content (AvgIpc) is 2.21. The Morgan fingerprint density at radius 2 is 1.76 bits per heavy atom. The molecule has 4 heteroatoms. The fraction of sp³-hybridized carbons (Fsp3) is 0.923. The predicted molar refractivity (Wildman–Crippen MR) is 66.6 cm³/mol. The molecule has 0 atom stereocenters. The van der Waals surface area contributed by atoms with Crippen molar-refractivity contribution < 1.29 is 19.3 Å². The Hall–Kier alpha value is -0.770. The van der Waals surface area contributed by atoms with Crippen LogP contribution < -0.4 is 0 Å². The SMILES string of the molecule is CCCCCCOOC(=O)OCCC(C)(C)C. The van der Waals surface area contributed by atoms with Gasteiger partial charge in [-0.3, -0.25) is 4.89 Å². The van der Waals surface area contributed by atoms with Gasteiger partial charge in [0.05, 0.1) is 13.2 Å². The molecule has 0 aliphatic rings. The molecule has 0 saturated carbocycles. The van der Waals surface area contributed by atoms with Crippen molar-refractivity contribution in [2.45, 2.75) is 59.8 Å². The molecule has 0 aliphatic heterocycles. The summed E-state index contributed by atoms with van der Waals surface area (Å²) in [6.45, 7) is 9.21. The maximum atomic E-state index is 11.0. The minimum atomic E-state index is -0.746. The van der Waals surface area contributed by atoms with Crippen molar-refractivity contribution in [1.82, 2.24) is 0 Å². The Kier molecular flexibility index (Phi) is 8.86. The van der Waals surface area contributed by atoms with Gasteiger partial charge < -0.3 is 4.74 Å². The zero-order chi connectivity index (χ0) is 13.1. The number of hydrogen-bond acceptors (Lipinski definition) is 4. The molecule has 0 aromatic heterocycles. The second-order valence-electron chi connectivity index (χ2n) is 5.38. The molecule has 0 saturated heterocycles. The number of unbranched alkanes of at least 4 members (excludes halogenated alkanes) is 3. The van der Waals surface area contributed by atoms with Crippen molar-refractivity contribution in [3.8, 4) is 0 Å². The summed E-state index contributed by atoms with van der Waals surface area (Å²) in [5.41, 5.74) is 0.154. The second-order valence-corrected chi connectivity index (χ2v) is 5.38. The zero-order valence-electron chi connectivity index (χ0n) is 11.6. The van der Waals surface area contributed by atoms with Crippen LogP contribution in [0.15, 0.2) is 0 Å². The summed E-state index contributed by atoms with van der Waals surface area (Å²) in [5, 5.41) is 0. The van der Waals surface area contributed by atoms with E-state index in [0.717, 1.165) is 19.3 Å². The summed E-state index contributed by atoms with van der Waals surface area (Å²) < 4.78 is 4.86. The Morgan fingerprint density at radius 3 is 2.35 bits per heavy atom. The first-order chi connectivity index (χ1) is 7.95. The molecule has 4 nitrogen and oxygen atoms in total. The third-order valence-corrected chi connectivity index (χ3v) is 2.28. The van der Waals surface area contributed by atoms with Crippen molar-refractivity contribution in [3.63, 3.8) is 0 Å². The van der Waals surface area contributed by atoms with Crippen LogP contribution in [0.1, 0.15) is 59.8 Å². The van der Waals surface area contributed by atoms with Crippen LogP contribution in [-0.4, -0.2) is 19.4 Å². The van der Waals surface area contributed by atoms with Crippen LogP contribution in [-0.2, 0) is 14.5 Å². The molecule has 17 heavy (non-hydrogen) atoms. The molecular weight excluding hydrogens is 220 g/mol. The van der Waals surface area contributed by atoms with Crippen LogP contribution in [0, 0.1) is 5.41 Å². The summed E-state index contributed by atoms with van der Waals surface area (Å²) in [4.78, 5) is 20.3. The monoisotopic (exact) mass is 246 g/mol. The van der Waals surface area contributed by atoms with Gasteiger partial charge in [-0.05, 0) is 18.3 Å². The number of hydrogen-bond donors (Lipinski definition) is 0. The van der Waals surface area contributed by atoms with Gasteiger partial charge in [0.2, 0.25) is 0 Å². The van der Waals surface area contributed by atoms with E-state index in [9.17, 15) is 4.79 Å². The van der Waals surface area contributed by atoms with Crippen molar-refractivity contribution in [2.75, 3.05) is 13.2 Å². The molecule has 0 amide bonds. The summed E-state index contributed by atoms with van der Waals surface area (Å²) in [6.07, 6.45) is 4.42. The van der Waals surface area contributed by atoms with E-state index in [0.29, 0.717) is 13.2 Å². The van der Waals surface area contributed by atoms with Crippen molar-refractivity contribution in [3.05, 3.63) is 0 Å². The van der Waals surface area contributed by atoms with Gasteiger partial charge >= 0.3 is 6.16 Å². The molecule has 0 radical (unpaired) electrons. The molecular formula is C13H26O4.